The molecular formula is C22H24N2O2S. The van der Waals surface area contributed by atoms with Crippen molar-refractivity contribution < 1.29 is 9.59 Å². The van der Waals surface area contributed by atoms with Gasteiger partial charge in [0.25, 0.3) is 11.8 Å². The zero-order valence-corrected chi connectivity index (χ0v) is 17.1. The largest absolute Gasteiger partial charge is 0.378 e. The highest BCUT2D eigenvalue weighted by Crippen LogP contribution is 2.40. The summed E-state index contributed by atoms with van der Waals surface area (Å²) < 4.78 is 0. The van der Waals surface area contributed by atoms with E-state index in [1.54, 1.807) is 6.07 Å². The molecule has 0 aliphatic carbocycles. The predicted octanol–water partition coefficient (Wildman–Crippen LogP) is 4.49. The van der Waals surface area contributed by atoms with Crippen molar-refractivity contribution in [3.05, 3.63) is 64.6 Å². The summed E-state index contributed by atoms with van der Waals surface area (Å²) in [5.74, 6) is -0.506. The van der Waals surface area contributed by atoms with Crippen LogP contribution in [0.4, 0.5) is 11.4 Å². The van der Waals surface area contributed by atoms with Crippen molar-refractivity contribution in [3.8, 4) is 0 Å². The van der Waals surface area contributed by atoms with Crippen LogP contribution >= 0.6 is 11.8 Å². The van der Waals surface area contributed by atoms with Crippen LogP contribution in [0.5, 0.6) is 0 Å². The molecule has 0 saturated heterocycles. The summed E-state index contributed by atoms with van der Waals surface area (Å²) in [4.78, 5) is 30.3. The zero-order chi connectivity index (χ0) is 19.7. The van der Waals surface area contributed by atoms with Gasteiger partial charge in [-0.25, -0.2) is 4.90 Å². The van der Waals surface area contributed by atoms with Crippen LogP contribution in [0.3, 0.4) is 0 Å². The van der Waals surface area contributed by atoms with Gasteiger partial charge in [0.15, 0.2) is 0 Å². The number of nitrogens with zero attached hydrogens (tertiary/aromatic N) is 2. The Hall–Kier alpha value is -2.53. The monoisotopic (exact) mass is 380 g/mol. The van der Waals surface area contributed by atoms with E-state index in [1.807, 2.05) is 82.2 Å². The van der Waals surface area contributed by atoms with E-state index in [1.165, 1.54) is 16.7 Å². The van der Waals surface area contributed by atoms with Gasteiger partial charge in [-0.1, -0.05) is 49.7 Å². The molecule has 0 fully saturated rings. The Balaban J connectivity index is 2.09. The summed E-state index contributed by atoms with van der Waals surface area (Å²) in [7, 11) is 3.87. The highest BCUT2D eigenvalue weighted by molar-refractivity contribution is 8.04. The standard InChI is InChI=1S/C22H24N2O2S/c1-14(2)27-20-19(16-11-9-15(3)10-12-16)21(25)24(22(20)26)18-8-6-7-17(13-18)23(4)5/h6-14H,1-5H3. The smallest absolute Gasteiger partial charge is 0.272 e. The summed E-state index contributed by atoms with van der Waals surface area (Å²) in [6, 6.07) is 15.2. The lowest BCUT2D eigenvalue weighted by Crippen LogP contribution is -2.31. The highest BCUT2D eigenvalue weighted by atomic mass is 32.2. The summed E-state index contributed by atoms with van der Waals surface area (Å²) in [5.41, 5.74) is 3.93. The molecule has 140 valence electrons. The Bertz CT molecular complexity index is 914. The minimum Gasteiger partial charge on any atom is -0.378 e. The van der Waals surface area contributed by atoms with Crippen LogP contribution in [0.15, 0.2) is 53.4 Å². The molecule has 27 heavy (non-hydrogen) atoms. The van der Waals surface area contributed by atoms with Crippen molar-refractivity contribution in [2.45, 2.75) is 26.0 Å². The van der Waals surface area contributed by atoms with E-state index in [2.05, 4.69) is 0 Å². The van der Waals surface area contributed by atoms with E-state index < -0.39 is 0 Å². The number of rotatable bonds is 5. The van der Waals surface area contributed by atoms with Crippen LogP contribution in [0.2, 0.25) is 0 Å². The average molecular weight is 381 g/mol. The molecule has 3 rings (SSSR count). The fourth-order valence-corrected chi connectivity index (χ4v) is 3.96. The lowest BCUT2D eigenvalue weighted by molar-refractivity contribution is -0.119. The van der Waals surface area contributed by atoms with Crippen LogP contribution in [0, 0.1) is 6.92 Å². The molecule has 5 heteroatoms. The molecule has 1 heterocycles. The molecule has 0 aromatic heterocycles. The second-order valence-electron chi connectivity index (χ2n) is 7.10. The number of imide groups is 1. The molecular weight excluding hydrogens is 356 g/mol. The Kier molecular flexibility index (Phi) is 5.42. The number of thioether (sulfide) groups is 1. The summed E-state index contributed by atoms with van der Waals surface area (Å²) >= 11 is 1.45. The fraction of sp³-hybridized carbons (Fsp3) is 0.273. The number of aryl methyl sites for hydroxylation is 1. The number of hydrogen-bond acceptors (Lipinski definition) is 4. The van der Waals surface area contributed by atoms with Gasteiger partial charge < -0.3 is 4.90 Å². The third kappa shape index (κ3) is 3.78. The summed E-state index contributed by atoms with van der Waals surface area (Å²) in [5, 5.41) is 0.199. The molecule has 2 aromatic rings. The van der Waals surface area contributed by atoms with Crippen LogP contribution in [-0.2, 0) is 9.59 Å². The molecule has 0 radical (unpaired) electrons. The van der Waals surface area contributed by atoms with Crippen LogP contribution in [-0.4, -0.2) is 31.2 Å². The van der Waals surface area contributed by atoms with Gasteiger partial charge in [-0.3, -0.25) is 9.59 Å². The molecule has 1 aliphatic rings. The van der Waals surface area contributed by atoms with Crippen LogP contribution in [0.1, 0.15) is 25.0 Å². The Morgan fingerprint density at radius 1 is 0.963 bits per heavy atom. The van der Waals surface area contributed by atoms with Crippen molar-refractivity contribution >= 4 is 40.5 Å². The van der Waals surface area contributed by atoms with Crippen molar-refractivity contribution in [2.24, 2.45) is 0 Å². The average Bonchev–Trinajstić information content (AvgIpc) is 2.85. The van der Waals surface area contributed by atoms with Gasteiger partial charge in [-0.2, -0.15) is 0 Å². The van der Waals surface area contributed by atoms with E-state index in [0.29, 0.717) is 16.2 Å². The predicted molar refractivity (Wildman–Crippen MR) is 114 cm³/mol. The van der Waals surface area contributed by atoms with Crippen LogP contribution < -0.4 is 9.80 Å². The quantitative estimate of drug-likeness (QED) is 0.717. The van der Waals surface area contributed by atoms with Gasteiger partial charge in [0.05, 0.1) is 16.2 Å². The third-order valence-corrected chi connectivity index (χ3v) is 5.43. The molecule has 4 nitrogen and oxygen atoms in total. The second kappa shape index (κ2) is 7.61. The molecule has 0 bridgehead atoms. The summed E-state index contributed by atoms with van der Waals surface area (Å²) in [6.07, 6.45) is 0. The third-order valence-electron chi connectivity index (χ3n) is 4.34. The Morgan fingerprint density at radius 3 is 2.22 bits per heavy atom. The van der Waals surface area contributed by atoms with Crippen LogP contribution in [0.25, 0.3) is 5.57 Å². The highest BCUT2D eigenvalue weighted by Gasteiger charge is 2.40. The normalized spacial score (nSPS) is 14.5. The maximum absolute atomic E-state index is 13.3. The van der Waals surface area contributed by atoms with Gasteiger partial charge in [-0.15, -0.1) is 11.8 Å². The molecule has 0 N–H and O–H groups in total. The molecule has 0 spiro atoms. The topological polar surface area (TPSA) is 40.6 Å². The van der Waals surface area contributed by atoms with E-state index in [-0.39, 0.29) is 17.1 Å². The first-order valence-electron chi connectivity index (χ1n) is 8.93. The number of amides is 2. The Morgan fingerprint density at radius 2 is 1.63 bits per heavy atom. The minimum absolute atomic E-state index is 0.199. The lowest BCUT2D eigenvalue weighted by atomic mass is 10.0. The van der Waals surface area contributed by atoms with E-state index >= 15 is 0 Å². The molecule has 2 aromatic carbocycles. The first-order valence-corrected chi connectivity index (χ1v) is 9.81. The van der Waals surface area contributed by atoms with Gasteiger partial charge >= 0.3 is 0 Å². The van der Waals surface area contributed by atoms with Gasteiger partial charge in [0, 0.05) is 25.0 Å². The number of benzene rings is 2. The van der Waals surface area contributed by atoms with E-state index in [4.69, 9.17) is 0 Å². The van der Waals surface area contributed by atoms with Gasteiger partial charge in [0.1, 0.15) is 0 Å². The molecule has 2 amide bonds. The number of carbonyl (C=O) groups is 2. The van der Waals surface area contributed by atoms with Crippen molar-refractivity contribution in [3.63, 3.8) is 0 Å². The second-order valence-corrected chi connectivity index (χ2v) is 8.68. The maximum atomic E-state index is 13.3. The number of anilines is 2. The van der Waals surface area contributed by atoms with Crippen molar-refractivity contribution in [2.75, 3.05) is 23.9 Å². The van der Waals surface area contributed by atoms with E-state index in [9.17, 15) is 9.59 Å². The fourth-order valence-electron chi connectivity index (χ4n) is 2.97. The molecule has 1 aliphatic heterocycles. The number of carbonyl (C=O) groups excluding carboxylic acids is 2. The minimum atomic E-state index is -0.261. The first-order chi connectivity index (χ1) is 12.8. The number of hydrogen-bond donors (Lipinski definition) is 0. The molecule has 0 saturated carbocycles. The lowest BCUT2D eigenvalue weighted by Gasteiger charge is -2.19. The van der Waals surface area contributed by atoms with Gasteiger partial charge in [-0.05, 0) is 30.7 Å². The first kappa shape index (κ1) is 19.2. The van der Waals surface area contributed by atoms with Gasteiger partial charge in [0.2, 0.25) is 0 Å². The maximum Gasteiger partial charge on any atom is 0.272 e. The SMILES string of the molecule is Cc1ccc(C2=C(SC(C)C)C(=O)N(c3cccc(N(C)C)c3)C2=O)cc1. The molecule has 0 atom stereocenters. The van der Waals surface area contributed by atoms with Crippen molar-refractivity contribution in [1.82, 2.24) is 0 Å². The summed E-state index contributed by atoms with van der Waals surface area (Å²) in [6.45, 7) is 6.05. The zero-order valence-electron chi connectivity index (χ0n) is 16.3. The Labute approximate surface area is 164 Å². The van der Waals surface area contributed by atoms with Crippen molar-refractivity contribution in [1.29, 1.82) is 0 Å². The van der Waals surface area contributed by atoms with E-state index in [0.717, 1.165) is 16.8 Å². The molecule has 0 unspecified atom stereocenters.